The van der Waals surface area contributed by atoms with E-state index in [1.165, 1.54) is 6.07 Å². The number of nitrogens with two attached hydrogens (primary N) is 1. The van der Waals surface area contributed by atoms with Gasteiger partial charge < -0.3 is 10.5 Å². The molecule has 0 spiro atoms. The summed E-state index contributed by atoms with van der Waals surface area (Å²) in [6.07, 6.45) is -3.63. The summed E-state index contributed by atoms with van der Waals surface area (Å²) in [6.45, 7) is 2.22. The molecule has 2 N–H and O–H groups in total. The van der Waals surface area contributed by atoms with Crippen molar-refractivity contribution in [1.82, 2.24) is 0 Å². The van der Waals surface area contributed by atoms with Gasteiger partial charge in [0.15, 0.2) is 0 Å². The number of halogens is 4. The lowest BCUT2D eigenvalue weighted by atomic mass is 10.2. The molecule has 0 aromatic heterocycles. The molecule has 0 fully saturated rings. The molecule has 0 saturated heterocycles. The molecule has 18 heavy (non-hydrogen) atoms. The van der Waals surface area contributed by atoms with Gasteiger partial charge in [-0.05, 0) is 44.5 Å². The summed E-state index contributed by atoms with van der Waals surface area (Å²) in [6, 6.07) is 2.62. The molecule has 1 aromatic carbocycles. The molecule has 0 bridgehead atoms. The Hall–Kier alpha value is -1.30. The van der Waals surface area contributed by atoms with Crippen molar-refractivity contribution < 1.29 is 22.3 Å². The standard InChI is InChI=1S/C12H15F4NO/c1-8(3-2-6-17)18-9-4-5-11(13)10(7-9)12(14,15)16/h4-5,7-8H,2-3,6,17H2,1H3. The second-order valence-electron chi connectivity index (χ2n) is 4.00. The van der Waals surface area contributed by atoms with E-state index in [0.29, 0.717) is 25.5 Å². The van der Waals surface area contributed by atoms with E-state index in [0.717, 1.165) is 6.07 Å². The van der Waals surface area contributed by atoms with E-state index in [4.69, 9.17) is 10.5 Å². The highest BCUT2D eigenvalue weighted by molar-refractivity contribution is 5.31. The summed E-state index contributed by atoms with van der Waals surface area (Å²) < 4.78 is 55.7. The van der Waals surface area contributed by atoms with Crippen LogP contribution in [0.25, 0.3) is 0 Å². The Balaban J connectivity index is 2.79. The maximum Gasteiger partial charge on any atom is 0.419 e. The monoisotopic (exact) mass is 265 g/mol. The third-order valence-corrected chi connectivity index (χ3v) is 2.40. The third kappa shape index (κ3) is 4.18. The van der Waals surface area contributed by atoms with Crippen LogP contribution in [-0.4, -0.2) is 12.6 Å². The lowest BCUT2D eigenvalue weighted by Gasteiger charge is -2.16. The second-order valence-corrected chi connectivity index (χ2v) is 4.00. The van der Waals surface area contributed by atoms with Gasteiger partial charge in [0, 0.05) is 0 Å². The lowest BCUT2D eigenvalue weighted by Crippen LogP contribution is -2.15. The predicted molar refractivity (Wildman–Crippen MR) is 59.8 cm³/mol. The topological polar surface area (TPSA) is 35.2 Å². The van der Waals surface area contributed by atoms with Gasteiger partial charge in [0.25, 0.3) is 0 Å². The van der Waals surface area contributed by atoms with Crippen molar-refractivity contribution in [2.45, 2.75) is 32.0 Å². The summed E-state index contributed by atoms with van der Waals surface area (Å²) in [5.41, 5.74) is 4.00. The van der Waals surface area contributed by atoms with E-state index >= 15 is 0 Å². The number of ether oxygens (including phenoxy) is 1. The fraction of sp³-hybridized carbons (Fsp3) is 0.500. The molecule has 6 heteroatoms. The molecule has 0 aliphatic rings. The normalized spacial score (nSPS) is 13.4. The van der Waals surface area contributed by atoms with Crippen molar-refractivity contribution in [2.24, 2.45) is 5.73 Å². The van der Waals surface area contributed by atoms with E-state index < -0.39 is 17.6 Å². The van der Waals surface area contributed by atoms with Crippen LogP contribution < -0.4 is 10.5 Å². The van der Waals surface area contributed by atoms with Crippen LogP contribution >= 0.6 is 0 Å². The maximum absolute atomic E-state index is 13.0. The first kappa shape index (κ1) is 14.8. The van der Waals surface area contributed by atoms with Crippen LogP contribution in [-0.2, 0) is 6.18 Å². The highest BCUT2D eigenvalue weighted by Gasteiger charge is 2.34. The molecule has 2 nitrogen and oxygen atoms in total. The highest BCUT2D eigenvalue weighted by atomic mass is 19.4. The molecular weight excluding hydrogens is 250 g/mol. The van der Waals surface area contributed by atoms with Crippen LogP contribution in [0.3, 0.4) is 0 Å². The average Bonchev–Trinajstić information content (AvgIpc) is 2.27. The van der Waals surface area contributed by atoms with Gasteiger partial charge in [0.1, 0.15) is 11.6 Å². The number of benzene rings is 1. The maximum atomic E-state index is 13.0. The lowest BCUT2D eigenvalue weighted by molar-refractivity contribution is -0.140. The minimum absolute atomic E-state index is 0.00764. The summed E-state index contributed by atoms with van der Waals surface area (Å²) in [4.78, 5) is 0. The van der Waals surface area contributed by atoms with Crippen molar-refractivity contribution >= 4 is 0 Å². The van der Waals surface area contributed by atoms with Gasteiger partial charge in [-0.2, -0.15) is 13.2 Å². The van der Waals surface area contributed by atoms with E-state index in [2.05, 4.69) is 0 Å². The Kier molecular flexibility index (Phi) is 4.95. The van der Waals surface area contributed by atoms with E-state index in [1.807, 2.05) is 0 Å². The average molecular weight is 265 g/mol. The zero-order valence-electron chi connectivity index (χ0n) is 9.93. The Morgan fingerprint density at radius 1 is 1.33 bits per heavy atom. The highest BCUT2D eigenvalue weighted by Crippen LogP contribution is 2.33. The largest absolute Gasteiger partial charge is 0.491 e. The van der Waals surface area contributed by atoms with Crippen LogP contribution in [0, 0.1) is 5.82 Å². The molecule has 1 rings (SSSR count). The molecular formula is C12H15F4NO. The quantitative estimate of drug-likeness (QED) is 0.829. The molecule has 0 aliphatic carbocycles. The first-order chi connectivity index (χ1) is 8.34. The van der Waals surface area contributed by atoms with Gasteiger partial charge in [0.2, 0.25) is 0 Å². The molecule has 0 heterocycles. The van der Waals surface area contributed by atoms with Crippen LogP contribution in [0.1, 0.15) is 25.3 Å². The molecule has 0 aliphatic heterocycles. The second kappa shape index (κ2) is 6.04. The Morgan fingerprint density at radius 3 is 2.56 bits per heavy atom. The summed E-state index contributed by atoms with van der Waals surface area (Å²) >= 11 is 0. The molecule has 1 aromatic rings. The SMILES string of the molecule is CC(CCCN)Oc1ccc(F)c(C(F)(F)F)c1. The van der Waals surface area contributed by atoms with Crippen LogP contribution in [0.4, 0.5) is 17.6 Å². The number of hydrogen-bond acceptors (Lipinski definition) is 2. The van der Waals surface area contributed by atoms with E-state index in [-0.39, 0.29) is 11.9 Å². The first-order valence-electron chi connectivity index (χ1n) is 5.58. The fourth-order valence-electron chi connectivity index (χ4n) is 1.49. The van der Waals surface area contributed by atoms with Gasteiger partial charge in [0.05, 0.1) is 11.7 Å². The molecule has 0 saturated carbocycles. The Bertz CT molecular complexity index is 392. The molecule has 1 atom stereocenters. The van der Waals surface area contributed by atoms with Crippen molar-refractivity contribution in [2.75, 3.05) is 6.54 Å². The predicted octanol–water partition coefficient (Wildman–Crippen LogP) is 3.35. The summed E-state index contributed by atoms with van der Waals surface area (Å²) in [5, 5.41) is 0. The van der Waals surface area contributed by atoms with E-state index in [9.17, 15) is 17.6 Å². The summed E-state index contributed by atoms with van der Waals surface area (Å²) in [5.74, 6) is -1.29. The minimum Gasteiger partial charge on any atom is -0.491 e. The van der Waals surface area contributed by atoms with Gasteiger partial charge in [-0.15, -0.1) is 0 Å². The van der Waals surface area contributed by atoms with Gasteiger partial charge in [-0.25, -0.2) is 4.39 Å². The van der Waals surface area contributed by atoms with Crippen LogP contribution in [0.5, 0.6) is 5.75 Å². The number of rotatable bonds is 5. The zero-order valence-corrected chi connectivity index (χ0v) is 9.93. The van der Waals surface area contributed by atoms with Crippen molar-refractivity contribution in [3.63, 3.8) is 0 Å². The zero-order chi connectivity index (χ0) is 13.8. The third-order valence-electron chi connectivity index (χ3n) is 2.40. The van der Waals surface area contributed by atoms with E-state index in [1.54, 1.807) is 6.92 Å². The number of hydrogen-bond donors (Lipinski definition) is 1. The smallest absolute Gasteiger partial charge is 0.419 e. The molecule has 1 unspecified atom stereocenters. The van der Waals surface area contributed by atoms with Gasteiger partial charge in [-0.1, -0.05) is 0 Å². The molecule has 102 valence electrons. The fourth-order valence-corrected chi connectivity index (χ4v) is 1.49. The van der Waals surface area contributed by atoms with Crippen molar-refractivity contribution in [1.29, 1.82) is 0 Å². The minimum atomic E-state index is -4.72. The summed E-state index contributed by atoms with van der Waals surface area (Å²) in [7, 11) is 0. The van der Waals surface area contributed by atoms with Crippen LogP contribution in [0.2, 0.25) is 0 Å². The molecule has 0 radical (unpaired) electrons. The van der Waals surface area contributed by atoms with Gasteiger partial charge >= 0.3 is 6.18 Å². The first-order valence-corrected chi connectivity index (χ1v) is 5.58. The van der Waals surface area contributed by atoms with Crippen molar-refractivity contribution in [3.8, 4) is 5.75 Å². The van der Waals surface area contributed by atoms with Crippen LogP contribution in [0.15, 0.2) is 18.2 Å². The Labute approximate surface area is 103 Å². The number of alkyl halides is 3. The molecule has 0 amide bonds. The van der Waals surface area contributed by atoms with Crippen molar-refractivity contribution in [3.05, 3.63) is 29.6 Å². The van der Waals surface area contributed by atoms with Gasteiger partial charge in [-0.3, -0.25) is 0 Å². The Morgan fingerprint density at radius 2 is 2.00 bits per heavy atom.